The summed E-state index contributed by atoms with van der Waals surface area (Å²) >= 11 is 0. The fourth-order valence-corrected chi connectivity index (χ4v) is 10.4. The van der Waals surface area contributed by atoms with Crippen molar-refractivity contribution >= 4 is 20.0 Å². The molecule has 0 amide bonds. The van der Waals surface area contributed by atoms with E-state index in [0.29, 0.717) is 61.1 Å². The Morgan fingerprint density at radius 3 is 2.18 bits per heavy atom. The highest BCUT2D eigenvalue weighted by Crippen LogP contribution is 2.36. The molecule has 1 unspecified atom stereocenters. The maximum absolute atomic E-state index is 13.8. The van der Waals surface area contributed by atoms with E-state index in [1.165, 1.54) is 0 Å². The van der Waals surface area contributed by atoms with E-state index >= 15 is 0 Å². The topological polar surface area (TPSA) is 90.5 Å². The summed E-state index contributed by atoms with van der Waals surface area (Å²) in [7, 11) is -3.19. The van der Waals surface area contributed by atoms with Gasteiger partial charge in [0.15, 0.2) is 0 Å². The molecule has 1 aromatic carbocycles. The molecule has 0 N–H and O–H groups in total. The van der Waals surface area contributed by atoms with Crippen molar-refractivity contribution in [2.45, 2.75) is 82.7 Å². The minimum atomic E-state index is -3.65. The van der Waals surface area contributed by atoms with Gasteiger partial charge >= 0.3 is 0 Å². The third kappa shape index (κ3) is 6.81. The highest BCUT2D eigenvalue weighted by molar-refractivity contribution is 7.89. The van der Waals surface area contributed by atoms with Crippen molar-refractivity contribution in [3.05, 3.63) is 22.8 Å². The lowest BCUT2D eigenvalue weighted by Gasteiger charge is -2.41. The number of nitrogens with zero attached hydrogens (tertiary/aromatic N) is 4. The van der Waals surface area contributed by atoms with Crippen LogP contribution in [0.5, 0.6) is 5.75 Å². The van der Waals surface area contributed by atoms with Crippen molar-refractivity contribution in [2.75, 3.05) is 65.7 Å². The Morgan fingerprint density at radius 1 is 0.872 bits per heavy atom. The molecule has 0 saturated carbocycles. The molecule has 3 aliphatic rings. The molecule has 39 heavy (non-hydrogen) atoms. The summed E-state index contributed by atoms with van der Waals surface area (Å²) < 4.78 is 62.4. The molecule has 0 bridgehead atoms. The molecule has 0 aromatic heterocycles. The van der Waals surface area contributed by atoms with Crippen LogP contribution in [0.1, 0.15) is 61.6 Å². The Balaban J connectivity index is 1.29. The minimum absolute atomic E-state index is 0.0861. The average molecular weight is 585 g/mol. The first-order valence-electron chi connectivity index (χ1n) is 14.5. The summed E-state index contributed by atoms with van der Waals surface area (Å²) in [4.78, 5) is 5.22. The molecular weight excluding hydrogens is 536 g/mol. The summed E-state index contributed by atoms with van der Waals surface area (Å²) in [6.45, 7) is 11.1. The second-order valence-electron chi connectivity index (χ2n) is 11.7. The van der Waals surface area contributed by atoms with Crippen LogP contribution >= 0.6 is 0 Å². The monoisotopic (exact) mass is 584 g/mol. The molecule has 0 aliphatic carbocycles. The third-order valence-electron chi connectivity index (χ3n) is 9.15. The van der Waals surface area contributed by atoms with Crippen LogP contribution in [-0.4, -0.2) is 113 Å². The van der Waals surface area contributed by atoms with Gasteiger partial charge in [-0.2, -0.15) is 8.61 Å². The largest absolute Gasteiger partial charge is 0.496 e. The molecule has 1 atom stereocenters. The predicted octanol–water partition coefficient (Wildman–Crippen LogP) is 2.99. The minimum Gasteiger partial charge on any atom is -0.496 e. The summed E-state index contributed by atoms with van der Waals surface area (Å²) in [5, 5.41) is 0. The van der Waals surface area contributed by atoms with Crippen molar-refractivity contribution < 1.29 is 21.6 Å². The SMILES string of the molecule is COc1cc(C)c(S(=O)(=O)N2CCCC2CCCCS(=O)(=O)N2CCN(C3CCN(C)CC3)CC2)c(C)c1C. The van der Waals surface area contributed by atoms with E-state index in [0.717, 1.165) is 63.0 Å². The first kappa shape index (κ1) is 30.7. The number of piperazine rings is 1. The molecule has 9 nitrogen and oxygen atoms in total. The van der Waals surface area contributed by atoms with Crippen LogP contribution in [0.3, 0.4) is 0 Å². The van der Waals surface area contributed by atoms with Crippen LogP contribution in [0.15, 0.2) is 11.0 Å². The van der Waals surface area contributed by atoms with Gasteiger partial charge in [-0.1, -0.05) is 6.42 Å². The molecule has 1 aromatic rings. The van der Waals surface area contributed by atoms with Crippen molar-refractivity contribution in [1.82, 2.24) is 18.4 Å². The first-order chi connectivity index (χ1) is 18.5. The first-order valence-corrected chi connectivity index (χ1v) is 17.6. The quantitative estimate of drug-likeness (QED) is 0.391. The predicted molar refractivity (Wildman–Crippen MR) is 155 cm³/mol. The number of benzene rings is 1. The fraction of sp³-hybridized carbons (Fsp3) is 0.786. The van der Waals surface area contributed by atoms with Crippen LogP contribution in [0.2, 0.25) is 0 Å². The molecule has 3 aliphatic heterocycles. The van der Waals surface area contributed by atoms with Crippen LogP contribution in [0.25, 0.3) is 0 Å². The lowest BCUT2D eigenvalue weighted by atomic mass is 10.0. The number of unbranched alkanes of at least 4 members (excludes halogenated alkanes) is 1. The second-order valence-corrected chi connectivity index (χ2v) is 15.6. The van der Waals surface area contributed by atoms with E-state index in [1.54, 1.807) is 21.8 Å². The molecule has 0 spiro atoms. The van der Waals surface area contributed by atoms with E-state index in [4.69, 9.17) is 4.74 Å². The van der Waals surface area contributed by atoms with E-state index in [2.05, 4.69) is 16.8 Å². The Bertz CT molecular complexity index is 1200. The van der Waals surface area contributed by atoms with Gasteiger partial charge in [-0.15, -0.1) is 0 Å². The third-order valence-corrected chi connectivity index (χ3v) is 13.3. The normalized spacial score (nSPS) is 23.5. The molecule has 11 heteroatoms. The lowest BCUT2D eigenvalue weighted by Crippen LogP contribution is -2.54. The number of methoxy groups -OCH3 is 1. The average Bonchev–Trinajstić information content (AvgIpc) is 3.39. The van der Waals surface area contributed by atoms with Gasteiger partial charge in [0, 0.05) is 44.8 Å². The zero-order valence-corrected chi connectivity index (χ0v) is 26.1. The highest BCUT2D eigenvalue weighted by atomic mass is 32.2. The molecule has 4 rings (SSSR count). The molecule has 3 heterocycles. The number of rotatable bonds is 10. The number of hydrogen-bond donors (Lipinski definition) is 0. The Morgan fingerprint density at radius 2 is 1.54 bits per heavy atom. The maximum atomic E-state index is 13.8. The van der Waals surface area contributed by atoms with Crippen LogP contribution in [0, 0.1) is 20.8 Å². The van der Waals surface area contributed by atoms with Gasteiger partial charge in [-0.3, -0.25) is 4.90 Å². The number of hydrogen-bond acceptors (Lipinski definition) is 7. The second kappa shape index (κ2) is 12.7. The van der Waals surface area contributed by atoms with Gasteiger partial charge in [0.05, 0.1) is 17.8 Å². The zero-order chi connectivity index (χ0) is 28.4. The van der Waals surface area contributed by atoms with E-state index in [9.17, 15) is 16.8 Å². The molecule has 222 valence electrons. The van der Waals surface area contributed by atoms with Gasteiger partial charge in [-0.25, -0.2) is 16.8 Å². The standard InChI is InChI=1S/C28H48N4O5S2/c1-22-21-27(37-5)23(2)24(3)28(22)39(35,36)32-13-8-10-26(32)9-6-7-20-38(33,34)31-18-16-30(17-19-31)25-11-14-29(4)15-12-25/h21,25-26H,6-20H2,1-5H3. The molecule has 3 fully saturated rings. The smallest absolute Gasteiger partial charge is 0.243 e. The van der Waals surface area contributed by atoms with Crippen molar-refractivity contribution in [3.63, 3.8) is 0 Å². The van der Waals surface area contributed by atoms with E-state index in [-0.39, 0.29) is 11.8 Å². The van der Waals surface area contributed by atoms with Crippen LogP contribution < -0.4 is 4.74 Å². The summed E-state index contributed by atoms with van der Waals surface area (Å²) in [5.74, 6) is 0.836. The van der Waals surface area contributed by atoms with Crippen LogP contribution in [0.4, 0.5) is 0 Å². The van der Waals surface area contributed by atoms with Crippen LogP contribution in [-0.2, 0) is 20.0 Å². The highest BCUT2D eigenvalue weighted by Gasteiger charge is 2.37. The number of aryl methyl sites for hydroxylation is 1. The number of ether oxygens (including phenoxy) is 1. The van der Waals surface area contributed by atoms with Gasteiger partial charge in [0.25, 0.3) is 0 Å². The lowest BCUT2D eigenvalue weighted by molar-refractivity contribution is 0.0892. The van der Waals surface area contributed by atoms with Crippen molar-refractivity contribution in [3.8, 4) is 5.75 Å². The van der Waals surface area contributed by atoms with Gasteiger partial charge in [0.1, 0.15) is 5.75 Å². The fourth-order valence-electron chi connectivity index (χ4n) is 6.66. The van der Waals surface area contributed by atoms with Gasteiger partial charge < -0.3 is 9.64 Å². The maximum Gasteiger partial charge on any atom is 0.243 e. The summed E-state index contributed by atoms with van der Waals surface area (Å²) in [5.41, 5.74) is 2.27. The molecule has 3 saturated heterocycles. The van der Waals surface area contributed by atoms with Crippen molar-refractivity contribution in [2.24, 2.45) is 0 Å². The molecule has 0 radical (unpaired) electrons. The summed E-state index contributed by atoms with van der Waals surface area (Å²) in [6, 6.07) is 2.29. The van der Waals surface area contributed by atoms with E-state index in [1.807, 2.05) is 20.8 Å². The molecular formula is C28H48N4O5S2. The zero-order valence-electron chi connectivity index (χ0n) is 24.5. The number of sulfonamides is 2. The Kier molecular flexibility index (Phi) is 10.0. The Hall–Kier alpha value is -1.24. The number of piperidine rings is 1. The number of likely N-dealkylation sites (tertiary alicyclic amines) is 1. The van der Waals surface area contributed by atoms with Crippen molar-refractivity contribution in [1.29, 1.82) is 0 Å². The van der Waals surface area contributed by atoms with E-state index < -0.39 is 20.0 Å². The Labute approximate surface area is 236 Å². The van der Waals surface area contributed by atoms with Gasteiger partial charge in [-0.05, 0) is 102 Å². The summed E-state index contributed by atoms with van der Waals surface area (Å²) in [6.07, 6.45) is 5.91. The van der Waals surface area contributed by atoms with Gasteiger partial charge in [0.2, 0.25) is 20.0 Å².